The molecule has 0 heterocycles. The van der Waals surface area contributed by atoms with Gasteiger partial charge in [-0.15, -0.1) is 0 Å². The molecule has 1 atom stereocenters. The Balaban J connectivity index is 4.29. The standard InChI is InChI=1S/C20H32O/c1-16(2)10-12-20(17(3)4)13-11-18(5)8-7-9-19(6)14-15-21/h8,10,12,14-15,17,20H,1,7,9,11,13H2,2-6H3/t20-/m1/s1. The average Bonchev–Trinajstić information content (AvgIpc) is 2.38. The Morgan fingerprint density at radius 3 is 2.29 bits per heavy atom. The van der Waals surface area contributed by atoms with E-state index >= 15 is 0 Å². The molecular formula is C20H32O. The van der Waals surface area contributed by atoms with E-state index in [1.165, 1.54) is 12.0 Å². The van der Waals surface area contributed by atoms with Crippen molar-refractivity contribution in [3.05, 3.63) is 47.6 Å². The monoisotopic (exact) mass is 288 g/mol. The Kier molecular flexibility index (Phi) is 10.6. The maximum Gasteiger partial charge on any atom is 0.142 e. The number of carbonyl (C=O) groups is 1. The lowest BCUT2D eigenvalue weighted by Crippen LogP contribution is -2.05. The second-order valence-corrected chi connectivity index (χ2v) is 6.39. The molecule has 1 nitrogen and oxygen atoms in total. The molecule has 0 spiro atoms. The van der Waals surface area contributed by atoms with Crippen LogP contribution < -0.4 is 0 Å². The van der Waals surface area contributed by atoms with Gasteiger partial charge in [-0.1, -0.05) is 55.4 Å². The summed E-state index contributed by atoms with van der Waals surface area (Å²) in [6, 6.07) is 0. The van der Waals surface area contributed by atoms with Crippen molar-refractivity contribution in [1.82, 2.24) is 0 Å². The number of aldehydes is 1. The van der Waals surface area contributed by atoms with Crippen LogP contribution in [0.1, 0.15) is 60.3 Å². The van der Waals surface area contributed by atoms with Gasteiger partial charge in [0.15, 0.2) is 0 Å². The van der Waals surface area contributed by atoms with E-state index in [0.29, 0.717) is 11.8 Å². The first kappa shape index (κ1) is 19.6. The molecule has 0 aliphatic rings. The highest BCUT2D eigenvalue weighted by Crippen LogP contribution is 2.22. The second-order valence-electron chi connectivity index (χ2n) is 6.39. The first-order valence-corrected chi connectivity index (χ1v) is 7.97. The predicted molar refractivity (Wildman–Crippen MR) is 94.3 cm³/mol. The Morgan fingerprint density at radius 2 is 1.76 bits per heavy atom. The predicted octanol–water partition coefficient (Wildman–Crippen LogP) is 6.04. The van der Waals surface area contributed by atoms with Crippen LogP contribution in [0.25, 0.3) is 0 Å². The van der Waals surface area contributed by atoms with Crippen LogP contribution in [-0.2, 0) is 4.79 Å². The van der Waals surface area contributed by atoms with Crippen LogP contribution in [0.3, 0.4) is 0 Å². The summed E-state index contributed by atoms with van der Waals surface area (Å²) < 4.78 is 0. The van der Waals surface area contributed by atoms with Crippen molar-refractivity contribution in [3.63, 3.8) is 0 Å². The van der Waals surface area contributed by atoms with Gasteiger partial charge in [0.05, 0.1) is 0 Å². The van der Waals surface area contributed by atoms with Crippen LogP contribution in [0.5, 0.6) is 0 Å². The summed E-state index contributed by atoms with van der Waals surface area (Å²) >= 11 is 0. The summed E-state index contributed by atoms with van der Waals surface area (Å²) in [6.07, 6.45) is 13.6. The quantitative estimate of drug-likeness (QED) is 0.207. The van der Waals surface area contributed by atoms with Gasteiger partial charge in [0.2, 0.25) is 0 Å². The fourth-order valence-electron chi connectivity index (χ4n) is 2.18. The van der Waals surface area contributed by atoms with E-state index in [-0.39, 0.29) is 0 Å². The summed E-state index contributed by atoms with van der Waals surface area (Å²) in [5.74, 6) is 1.27. The van der Waals surface area contributed by atoms with Crippen molar-refractivity contribution in [2.45, 2.75) is 60.3 Å². The maximum absolute atomic E-state index is 10.4. The van der Waals surface area contributed by atoms with Crippen LogP contribution in [0.15, 0.2) is 47.6 Å². The lowest BCUT2D eigenvalue weighted by atomic mass is 9.89. The number of carbonyl (C=O) groups excluding carboxylic acids is 1. The Hall–Kier alpha value is -1.37. The highest BCUT2D eigenvalue weighted by molar-refractivity contribution is 5.65. The van der Waals surface area contributed by atoms with Crippen LogP contribution in [-0.4, -0.2) is 6.29 Å². The molecule has 0 fully saturated rings. The molecule has 0 saturated carbocycles. The topological polar surface area (TPSA) is 17.1 Å². The van der Waals surface area contributed by atoms with Gasteiger partial charge >= 0.3 is 0 Å². The van der Waals surface area contributed by atoms with E-state index in [9.17, 15) is 4.79 Å². The molecule has 0 aliphatic heterocycles. The lowest BCUT2D eigenvalue weighted by molar-refractivity contribution is -0.104. The van der Waals surface area contributed by atoms with Gasteiger partial charge in [-0.2, -0.15) is 0 Å². The number of rotatable bonds is 10. The largest absolute Gasteiger partial charge is 0.299 e. The minimum atomic E-state index is 0.613. The molecule has 0 aromatic rings. The Bertz CT molecular complexity index is 408. The zero-order chi connectivity index (χ0) is 16.3. The van der Waals surface area contributed by atoms with Gasteiger partial charge in [0.25, 0.3) is 0 Å². The molecule has 0 amide bonds. The third-order valence-corrected chi connectivity index (χ3v) is 3.74. The number of hydrogen-bond donors (Lipinski definition) is 0. The Morgan fingerprint density at radius 1 is 1.10 bits per heavy atom. The van der Waals surface area contributed by atoms with Crippen LogP contribution in [0, 0.1) is 11.8 Å². The van der Waals surface area contributed by atoms with Gasteiger partial charge in [-0.25, -0.2) is 0 Å². The van der Waals surface area contributed by atoms with E-state index in [1.54, 1.807) is 6.08 Å². The molecule has 118 valence electrons. The summed E-state index contributed by atoms with van der Waals surface area (Å²) in [7, 11) is 0. The molecule has 0 aromatic carbocycles. The van der Waals surface area contributed by atoms with Crippen LogP contribution in [0.4, 0.5) is 0 Å². The van der Waals surface area contributed by atoms with Crippen molar-refractivity contribution in [2.24, 2.45) is 11.8 Å². The molecule has 1 heteroatoms. The van der Waals surface area contributed by atoms with Crippen LogP contribution in [0.2, 0.25) is 0 Å². The molecule has 0 radical (unpaired) electrons. The van der Waals surface area contributed by atoms with Gasteiger partial charge < -0.3 is 0 Å². The van der Waals surface area contributed by atoms with Crippen molar-refractivity contribution in [2.75, 3.05) is 0 Å². The zero-order valence-corrected chi connectivity index (χ0v) is 14.5. The van der Waals surface area contributed by atoms with E-state index < -0.39 is 0 Å². The fraction of sp³-hybridized carbons (Fsp3) is 0.550. The van der Waals surface area contributed by atoms with E-state index in [1.807, 2.05) is 13.8 Å². The highest BCUT2D eigenvalue weighted by atomic mass is 16.1. The summed E-state index contributed by atoms with van der Waals surface area (Å²) in [5.41, 5.74) is 3.71. The van der Waals surface area contributed by atoms with Gasteiger partial charge in [0.1, 0.15) is 6.29 Å². The summed E-state index contributed by atoms with van der Waals surface area (Å²) in [4.78, 5) is 10.4. The molecule has 0 bridgehead atoms. The third kappa shape index (κ3) is 11.0. The summed E-state index contributed by atoms with van der Waals surface area (Å²) in [6.45, 7) is 14.7. The molecule has 0 aromatic heterocycles. The summed E-state index contributed by atoms with van der Waals surface area (Å²) in [5, 5.41) is 0. The van der Waals surface area contributed by atoms with E-state index in [0.717, 1.165) is 36.7 Å². The van der Waals surface area contributed by atoms with Crippen molar-refractivity contribution < 1.29 is 4.79 Å². The zero-order valence-electron chi connectivity index (χ0n) is 14.5. The molecule has 0 N–H and O–H groups in total. The van der Waals surface area contributed by atoms with Crippen molar-refractivity contribution in [3.8, 4) is 0 Å². The molecule has 21 heavy (non-hydrogen) atoms. The second kappa shape index (κ2) is 11.3. The number of allylic oxidation sites excluding steroid dienone is 7. The van der Waals surface area contributed by atoms with E-state index in [4.69, 9.17) is 0 Å². The first-order chi connectivity index (χ1) is 9.86. The normalized spacial score (nSPS) is 14.8. The van der Waals surface area contributed by atoms with E-state index in [2.05, 4.69) is 45.6 Å². The number of hydrogen-bond acceptors (Lipinski definition) is 1. The average molecular weight is 288 g/mol. The highest BCUT2D eigenvalue weighted by Gasteiger charge is 2.09. The van der Waals surface area contributed by atoms with Gasteiger partial charge in [0, 0.05) is 0 Å². The third-order valence-electron chi connectivity index (χ3n) is 3.74. The maximum atomic E-state index is 10.4. The minimum absolute atomic E-state index is 0.613. The fourth-order valence-corrected chi connectivity index (χ4v) is 2.18. The Labute approximate surface area is 131 Å². The SMILES string of the molecule is C=C(C)C=C[C@H](CCC(C)=CCCC(C)=CC=O)C(C)C. The van der Waals surface area contributed by atoms with Crippen molar-refractivity contribution in [1.29, 1.82) is 0 Å². The molecule has 0 rings (SSSR count). The van der Waals surface area contributed by atoms with Crippen LogP contribution >= 0.6 is 0 Å². The molecular weight excluding hydrogens is 256 g/mol. The first-order valence-electron chi connectivity index (χ1n) is 7.97. The smallest absolute Gasteiger partial charge is 0.142 e. The lowest BCUT2D eigenvalue weighted by Gasteiger charge is -2.17. The minimum Gasteiger partial charge on any atom is -0.299 e. The van der Waals surface area contributed by atoms with Crippen molar-refractivity contribution >= 4 is 6.29 Å². The molecule has 0 unspecified atom stereocenters. The molecule has 0 saturated heterocycles. The molecule has 0 aliphatic carbocycles. The van der Waals surface area contributed by atoms with Gasteiger partial charge in [-0.05, 0) is 64.4 Å². The van der Waals surface area contributed by atoms with Gasteiger partial charge in [-0.3, -0.25) is 4.79 Å².